The Morgan fingerprint density at radius 2 is 1.53 bits per heavy atom. The van der Waals surface area contributed by atoms with Crippen LogP contribution in [0.2, 0.25) is 0 Å². The molecule has 0 atom stereocenters. The molecule has 1 saturated heterocycles. The lowest BCUT2D eigenvalue weighted by Gasteiger charge is -2.40. The van der Waals surface area contributed by atoms with E-state index in [9.17, 15) is 9.59 Å². The van der Waals surface area contributed by atoms with Crippen molar-refractivity contribution < 1.29 is 23.8 Å². The Morgan fingerprint density at radius 3 is 1.82 bits per heavy atom. The van der Waals surface area contributed by atoms with Crippen LogP contribution in [-0.4, -0.2) is 25.0 Å². The predicted octanol–water partition coefficient (Wildman–Crippen LogP) is 1.70. The monoisotopic (exact) mass is 244 g/mol. The van der Waals surface area contributed by atoms with Crippen LogP contribution in [0.5, 0.6) is 0 Å². The van der Waals surface area contributed by atoms with Crippen molar-refractivity contribution in [2.45, 2.75) is 41.1 Å². The van der Waals surface area contributed by atoms with E-state index in [1.165, 1.54) is 0 Å². The molecular weight excluding hydrogens is 224 g/mol. The zero-order valence-electron chi connectivity index (χ0n) is 11.0. The van der Waals surface area contributed by atoms with Crippen molar-refractivity contribution >= 4 is 11.9 Å². The van der Waals surface area contributed by atoms with Gasteiger partial charge < -0.3 is 14.2 Å². The highest BCUT2D eigenvalue weighted by atomic mass is 16.9. The van der Waals surface area contributed by atoms with Gasteiger partial charge in [0.2, 0.25) is 0 Å². The molecule has 17 heavy (non-hydrogen) atoms. The van der Waals surface area contributed by atoms with Crippen LogP contribution in [0.4, 0.5) is 0 Å². The smallest absolute Gasteiger partial charge is 0.365 e. The minimum absolute atomic E-state index is 0.190. The van der Waals surface area contributed by atoms with Crippen molar-refractivity contribution in [2.24, 2.45) is 17.3 Å². The largest absolute Gasteiger partial charge is 0.399 e. The van der Waals surface area contributed by atoms with E-state index in [4.69, 9.17) is 14.2 Å². The van der Waals surface area contributed by atoms with E-state index in [1.807, 2.05) is 27.7 Å². The third kappa shape index (κ3) is 2.16. The number of carbonyl (C=O) groups excluding carboxylic acids is 2. The van der Waals surface area contributed by atoms with Gasteiger partial charge in [-0.15, -0.1) is 0 Å². The molecule has 5 nitrogen and oxygen atoms in total. The van der Waals surface area contributed by atoms with Gasteiger partial charge in [0.25, 0.3) is 0 Å². The second kappa shape index (κ2) is 5.04. The van der Waals surface area contributed by atoms with E-state index < -0.39 is 23.8 Å². The molecule has 5 heteroatoms. The maximum atomic E-state index is 12.1. The summed E-state index contributed by atoms with van der Waals surface area (Å²) in [6, 6.07) is 0. The van der Waals surface area contributed by atoms with Crippen LogP contribution in [0, 0.1) is 17.3 Å². The summed E-state index contributed by atoms with van der Waals surface area (Å²) >= 11 is 0. The molecular formula is C12H20O5. The summed E-state index contributed by atoms with van der Waals surface area (Å²) in [6.45, 7) is 8.07. The third-order valence-electron chi connectivity index (χ3n) is 3.21. The number of hydrogen-bond donors (Lipinski definition) is 0. The number of carbonyl (C=O) groups is 2. The SMILES string of the molecule is CCOC1OC(=O)C(C(C)C)(C(C)C)C(=O)O1. The Balaban J connectivity index is 3.02. The molecule has 0 unspecified atom stereocenters. The van der Waals surface area contributed by atoms with Crippen molar-refractivity contribution in [2.75, 3.05) is 6.61 Å². The molecule has 0 aliphatic carbocycles. The fourth-order valence-electron chi connectivity index (χ4n) is 2.29. The molecule has 0 aromatic carbocycles. The third-order valence-corrected chi connectivity index (χ3v) is 3.21. The summed E-state index contributed by atoms with van der Waals surface area (Å²) in [6.07, 6.45) is 0. The van der Waals surface area contributed by atoms with Crippen LogP contribution in [0.25, 0.3) is 0 Å². The topological polar surface area (TPSA) is 61.8 Å². The molecule has 0 spiro atoms. The Hall–Kier alpha value is -1.10. The number of cyclic esters (lactones) is 2. The second-order valence-corrected chi connectivity index (χ2v) is 4.73. The van der Waals surface area contributed by atoms with Gasteiger partial charge in [-0.2, -0.15) is 0 Å². The zero-order valence-corrected chi connectivity index (χ0v) is 11.0. The second-order valence-electron chi connectivity index (χ2n) is 4.73. The van der Waals surface area contributed by atoms with Crippen LogP contribution in [0.1, 0.15) is 34.6 Å². The fraction of sp³-hybridized carbons (Fsp3) is 0.833. The Bertz CT molecular complexity index is 280. The van der Waals surface area contributed by atoms with Gasteiger partial charge in [0.15, 0.2) is 5.41 Å². The van der Waals surface area contributed by atoms with E-state index in [-0.39, 0.29) is 11.8 Å². The summed E-state index contributed by atoms with van der Waals surface area (Å²) in [5.41, 5.74) is -1.23. The van der Waals surface area contributed by atoms with Gasteiger partial charge in [-0.1, -0.05) is 27.7 Å². The molecule has 0 aromatic heterocycles. The van der Waals surface area contributed by atoms with Gasteiger partial charge in [-0.3, -0.25) is 9.59 Å². The number of rotatable bonds is 4. The Morgan fingerprint density at radius 1 is 1.12 bits per heavy atom. The lowest BCUT2D eigenvalue weighted by Crippen LogP contribution is -2.56. The van der Waals surface area contributed by atoms with E-state index in [2.05, 4.69) is 0 Å². The lowest BCUT2D eigenvalue weighted by atomic mass is 9.68. The fourth-order valence-corrected chi connectivity index (χ4v) is 2.29. The van der Waals surface area contributed by atoms with Crippen molar-refractivity contribution in [1.82, 2.24) is 0 Å². The van der Waals surface area contributed by atoms with Crippen LogP contribution >= 0.6 is 0 Å². The summed E-state index contributed by atoms with van der Waals surface area (Å²) < 4.78 is 15.1. The molecule has 0 N–H and O–H groups in total. The van der Waals surface area contributed by atoms with Gasteiger partial charge in [0, 0.05) is 0 Å². The first kappa shape index (κ1) is 14.0. The Labute approximate surface area is 101 Å². The minimum atomic E-state index is -1.23. The molecule has 98 valence electrons. The molecule has 1 rings (SSSR count). The molecule has 1 heterocycles. The molecule has 1 aliphatic rings. The summed E-state index contributed by atoms with van der Waals surface area (Å²) in [7, 11) is 0. The van der Waals surface area contributed by atoms with E-state index in [0.29, 0.717) is 6.61 Å². The van der Waals surface area contributed by atoms with Crippen LogP contribution < -0.4 is 0 Å². The highest BCUT2D eigenvalue weighted by Crippen LogP contribution is 2.41. The standard InChI is InChI=1S/C12H20O5/c1-6-15-11-16-9(13)12(7(2)3,8(4)5)10(14)17-11/h7-8,11H,6H2,1-5H3. The zero-order chi connectivity index (χ0) is 13.2. The van der Waals surface area contributed by atoms with E-state index in [0.717, 1.165) is 0 Å². The molecule has 1 aliphatic heterocycles. The van der Waals surface area contributed by atoms with Gasteiger partial charge in [0.05, 0.1) is 6.61 Å². The van der Waals surface area contributed by atoms with Crippen molar-refractivity contribution in [3.8, 4) is 0 Å². The van der Waals surface area contributed by atoms with E-state index >= 15 is 0 Å². The highest BCUT2D eigenvalue weighted by Gasteiger charge is 2.58. The number of esters is 2. The molecule has 1 fully saturated rings. The van der Waals surface area contributed by atoms with Crippen molar-refractivity contribution in [3.63, 3.8) is 0 Å². The Kier molecular flexibility index (Phi) is 4.14. The van der Waals surface area contributed by atoms with Crippen molar-refractivity contribution in [1.29, 1.82) is 0 Å². The minimum Gasteiger partial charge on any atom is -0.399 e. The van der Waals surface area contributed by atoms with Gasteiger partial charge in [-0.25, -0.2) is 0 Å². The number of hydrogen-bond acceptors (Lipinski definition) is 5. The normalized spacial score (nSPS) is 20.6. The number of ether oxygens (including phenoxy) is 3. The summed E-state index contributed by atoms with van der Waals surface area (Å²) in [5.74, 6) is -1.50. The van der Waals surface area contributed by atoms with Crippen molar-refractivity contribution in [3.05, 3.63) is 0 Å². The molecule has 0 amide bonds. The molecule has 0 aromatic rings. The highest BCUT2D eigenvalue weighted by molar-refractivity contribution is 6.01. The van der Waals surface area contributed by atoms with Crippen LogP contribution in [0.3, 0.4) is 0 Å². The molecule has 0 saturated carbocycles. The maximum Gasteiger partial charge on any atom is 0.365 e. The quantitative estimate of drug-likeness (QED) is 0.556. The molecule has 0 bridgehead atoms. The van der Waals surface area contributed by atoms with Crippen LogP contribution in [-0.2, 0) is 23.8 Å². The first-order valence-electron chi connectivity index (χ1n) is 5.91. The molecule has 0 radical (unpaired) electrons. The average molecular weight is 244 g/mol. The lowest BCUT2D eigenvalue weighted by molar-refractivity contribution is -0.296. The first-order valence-corrected chi connectivity index (χ1v) is 5.91. The summed E-state index contributed by atoms with van der Waals surface area (Å²) in [4.78, 5) is 24.2. The van der Waals surface area contributed by atoms with Gasteiger partial charge in [0.1, 0.15) is 0 Å². The van der Waals surface area contributed by atoms with E-state index in [1.54, 1.807) is 6.92 Å². The summed E-state index contributed by atoms with van der Waals surface area (Å²) in [5, 5.41) is 0. The van der Waals surface area contributed by atoms with Gasteiger partial charge in [-0.05, 0) is 18.8 Å². The maximum absolute atomic E-state index is 12.1. The predicted molar refractivity (Wildman–Crippen MR) is 59.7 cm³/mol. The first-order chi connectivity index (χ1) is 7.87. The van der Waals surface area contributed by atoms with Crippen LogP contribution in [0.15, 0.2) is 0 Å². The van der Waals surface area contributed by atoms with Gasteiger partial charge >= 0.3 is 18.4 Å². The average Bonchev–Trinajstić information content (AvgIpc) is 2.15.